The molecule has 2 aromatic carbocycles. The van der Waals surface area contributed by atoms with Crippen molar-refractivity contribution in [2.75, 3.05) is 43.4 Å². The van der Waals surface area contributed by atoms with Crippen molar-refractivity contribution in [2.24, 2.45) is 0 Å². The van der Waals surface area contributed by atoms with Crippen molar-refractivity contribution in [2.45, 2.75) is 68.7 Å². The first kappa shape index (κ1) is 35.8. The average Bonchev–Trinajstić information content (AvgIpc) is 3.96. The molecule has 5 aromatic rings. The SMILES string of the molecule is Cc1ncn(C(=O)N2C(C(F)F)C[C@]23CCN(c2nc(OC[C@@]45CCCN4C[C@H](F)C5)nc4c(F)c(-c5ccc(F)c6sc(N)c(C#N)c56)c(Cl)cc24)C3)n1. The second-order valence-corrected chi connectivity index (χ2v) is 16.2. The van der Waals surface area contributed by atoms with Crippen molar-refractivity contribution in [1.82, 2.24) is 34.5 Å². The van der Waals surface area contributed by atoms with Crippen LogP contribution in [-0.2, 0) is 0 Å². The molecule has 4 fully saturated rings. The number of alkyl halides is 3. The number of nitrogen functional groups attached to an aromatic ring is 1. The number of likely N-dealkylation sites (tertiary alicyclic amines) is 1. The van der Waals surface area contributed by atoms with Gasteiger partial charge in [0.15, 0.2) is 5.82 Å². The topological polar surface area (TPSA) is 142 Å². The van der Waals surface area contributed by atoms with E-state index in [2.05, 4.69) is 20.0 Å². The van der Waals surface area contributed by atoms with E-state index in [9.17, 15) is 27.6 Å². The Kier molecular flexibility index (Phi) is 8.37. The molecule has 7 heterocycles. The first-order valence-corrected chi connectivity index (χ1v) is 18.9. The van der Waals surface area contributed by atoms with Crippen LogP contribution in [0.25, 0.3) is 32.1 Å². The van der Waals surface area contributed by atoms with Gasteiger partial charge in [-0.2, -0.15) is 19.9 Å². The van der Waals surface area contributed by atoms with Gasteiger partial charge in [-0.3, -0.25) is 4.90 Å². The molecule has 4 saturated heterocycles. The molecular weight excluding hydrogens is 767 g/mol. The van der Waals surface area contributed by atoms with Crippen molar-refractivity contribution in [1.29, 1.82) is 5.26 Å². The fourth-order valence-corrected chi connectivity index (χ4v) is 10.4. The van der Waals surface area contributed by atoms with Crippen LogP contribution in [0.4, 0.5) is 37.6 Å². The number of halogens is 6. The summed E-state index contributed by atoms with van der Waals surface area (Å²) in [7, 11) is 0. The number of thiophene rings is 1. The number of nitrogens with zero attached hydrogens (tertiary/aromatic N) is 9. The van der Waals surface area contributed by atoms with Crippen molar-refractivity contribution < 1.29 is 31.5 Å². The van der Waals surface area contributed by atoms with E-state index in [4.69, 9.17) is 27.1 Å². The third-order valence-corrected chi connectivity index (χ3v) is 13.0. The molecule has 4 aliphatic rings. The number of carbonyl (C=O) groups is 1. The standard InChI is InChI=1S/C36H32ClF5N10O2S/c1-17-45-16-51(48-17)34(53)52-24(30(41)42)11-35(52)6-8-49(14-35)32-20-9-22(37)26(19-3-4-23(39)29-25(19)21(12-43)31(44)55-29)27(40)28(20)46-33(47-32)54-15-36-5-2-7-50(36)13-18(38)10-36/h3-4,9,16,18,24,30H,2,5-8,10-11,13-15,44H2,1H3/t18-,24?,35+,36+/m1/s1. The Morgan fingerprint density at radius 3 is 2.78 bits per heavy atom. The van der Waals surface area contributed by atoms with E-state index in [1.165, 1.54) is 18.5 Å². The molecule has 9 rings (SSSR count). The molecule has 0 radical (unpaired) electrons. The van der Waals surface area contributed by atoms with Crippen LogP contribution < -0.4 is 15.4 Å². The molecule has 4 atom stereocenters. The van der Waals surface area contributed by atoms with E-state index in [0.29, 0.717) is 18.8 Å². The number of fused-ring (bicyclic) bond motifs is 3. The van der Waals surface area contributed by atoms with Gasteiger partial charge < -0.3 is 20.3 Å². The van der Waals surface area contributed by atoms with Gasteiger partial charge in [0.1, 0.15) is 53.2 Å². The number of nitriles is 1. The van der Waals surface area contributed by atoms with Crippen LogP contribution in [0.15, 0.2) is 24.5 Å². The number of anilines is 2. The predicted molar refractivity (Wildman–Crippen MR) is 194 cm³/mol. The summed E-state index contributed by atoms with van der Waals surface area (Å²) in [5, 5.41) is 14.2. The third-order valence-electron chi connectivity index (χ3n) is 11.6. The molecule has 286 valence electrons. The van der Waals surface area contributed by atoms with E-state index < -0.39 is 47.4 Å². The highest BCUT2D eigenvalue weighted by Crippen LogP contribution is 2.50. The van der Waals surface area contributed by atoms with Gasteiger partial charge in [-0.15, -0.1) is 16.4 Å². The van der Waals surface area contributed by atoms with Crippen LogP contribution in [0.2, 0.25) is 5.02 Å². The molecule has 55 heavy (non-hydrogen) atoms. The van der Waals surface area contributed by atoms with E-state index in [0.717, 1.165) is 33.4 Å². The van der Waals surface area contributed by atoms with Crippen LogP contribution in [0.5, 0.6) is 6.01 Å². The fraction of sp³-hybridized carbons (Fsp3) is 0.444. The summed E-state index contributed by atoms with van der Waals surface area (Å²) in [5.41, 5.74) is 4.19. The second kappa shape index (κ2) is 12.8. The Balaban J connectivity index is 1.16. The number of hydrogen-bond acceptors (Lipinski definition) is 11. The zero-order valence-electron chi connectivity index (χ0n) is 29.2. The smallest absolute Gasteiger partial charge is 0.347 e. The lowest BCUT2D eigenvalue weighted by molar-refractivity contribution is -0.0922. The first-order valence-electron chi connectivity index (χ1n) is 17.7. The Hall–Kier alpha value is -4.86. The third kappa shape index (κ3) is 5.48. The van der Waals surface area contributed by atoms with Crippen molar-refractivity contribution in [3.63, 3.8) is 0 Å². The van der Waals surface area contributed by atoms with E-state index >= 15 is 4.39 Å². The molecule has 2 N–H and O–H groups in total. The summed E-state index contributed by atoms with van der Waals surface area (Å²) in [4.78, 5) is 31.8. The summed E-state index contributed by atoms with van der Waals surface area (Å²) in [5.74, 6) is -1.06. The van der Waals surface area contributed by atoms with Crippen LogP contribution in [0, 0.1) is 29.9 Å². The van der Waals surface area contributed by atoms with E-state index in [-0.39, 0.29) is 105 Å². The normalized spacial score (nSPS) is 25.1. The number of hydrogen-bond donors (Lipinski definition) is 1. The molecular formula is C36H32ClF5N10O2S. The van der Waals surface area contributed by atoms with E-state index in [1.54, 1.807) is 11.8 Å². The molecule has 1 spiro atoms. The minimum Gasteiger partial charge on any atom is -0.461 e. The maximum atomic E-state index is 17.2. The largest absolute Gasteiger partial charge is 0.461 e. The molecule has 19 heteroatoms. The highest BCUT2D eigenvalue weighted by Gasteiger charge is 2.61. The summed E-state index contributed by atoms with van der Waals surface area (Å²) in [6, 6.07) is 3.61. The quantitative estimate of drug-likeness (QED) is 0.184. The molecule has 0 aliphatic carbocycles. The van der Waals surface area contributed by atoms with Gasteiger partial charge in [0, 0.05) is 42.4 Å². The number of aryl methyl sites for hydroxylation is 1. The van der Waals surface area contributed by atoms with Gasteiger partial charge in [0.25, 0.3) is 6.43 Å². The molecule has 1 amide bonds. The number of amides is 1. The number of aromatic nitrogens is 5. The minimum absolute atomic E-state index is 0.000536. The minimum atomic E-state index is -2.81. The zero-order chi connectivity index (χ0) is 38.6. The monoisotopic (exact) mass is 798 g/mol. The van der Waals surface area contributed by atoms with Gasteiger partial charge in [0.05, 0.1) is 32.4 Å². The molecule has 1 unspecified atom stereocenters. The molecule has 3 aromatic heterocycles. The first-order chi connectivity index (χ1) is 26.3. The van der Waals surface area contributed by atoms with Crippen molar-refractivity contribution in [3.05, 3.63) is 52.6 Å². The fourth-order valence-electron chi connectivity index (χ4n) is 9.18. The van der Waals surface area contributed by atoms with Crippen molar-refractivity contribution >= 4 is 60.8 Å². The summed E-state index contributed by atoms with van der Waals surface area (Å²) < 4.78 is 82.6. The second-order valence-electron chi connectivity index (χ2n) is 14.8. The van der Waals surface area contributed by atoms with Gasteiger partial charge in [-0.05, 0) is 56.8 Å². The Morgan fingerprint density at radius 1 is 1.22 bits per heavy atom. The summed E-state index contributed by atoms with van der Waals surface area (Å²) in [6.07, 6.45) is -0.548. The van der Waals surface area contributed by atoms with Crippen molar-refractivity contribution in [3.8, 4) is 23.2 Å². The van der Waals surface area contributed by atoms with Crippen LogP contribution in [-0.4, -0.2) is 103 Å². The highest BCUT2D eigenvalue weighted by molar-refractivity contribution is 7.23. The predicted octanol–water partition coefficient (Wildman–Crippen LogP) is 6.71. The molecule has 4 aliphatic heterocycles. The van der Waals surface area contributed by atoms with Crippen LogP contribution in [0.1, 0.15) is 43.5 Å². The average molecular weight is 799 g/mol. The molecule has 12 nitrogen and oxygen atoms in total. The Labute approximate surface area is 319 Å². The Morgan fingerprint density at radius 2 is 2.04 bits per heavy atom. The van der Waals surface area contributed by atoms with Gasteiger partial charge >= 0.3 is 12.0 Å². The number of nitrogens with two attached hydrogens (primary N) is 1. The number of ether oxygens (including phenoxy) is 1. The lowest BCUT2D eigenvalue weighted by atomic mass is 9.77. The Bertz CT molecular complexity index is 2460. The van der Waals surface area contributed by atoms with Crippen LogP contribution >= 0.6 is 22.9 Å². The number of benzene rings is 2. The van der Waals surface area contributed by atoms with E-state index in [1.807, 2.05) is 6.07 Å². The zero-order valence-corrected chi connectivity index (χ0v) is 30.8. The van der Waals surface area contributed by atoms with Gasteiger partial charge in [0.2, 0.25) is 0 Å². The number of rotatable bonds is 6. The maximum absolute atomic E-state index is 17.2. The number of carbonyl (C=O) groups excluding carboxylic acids is 1. The lowest BCUT2D eigenvalue weighted by Gasteiger charge is -2.55. The van der Waals surface area contributed by atoms with Gasteiger partial charge in [-0.1, -0.05) is 17.7 Å². The lowest BCUT2D eigenvalue weighted by Crippen LogP contribution is -2.71. The molecule has 0 bridgehead atoms. The summed E-state index contributed by atoms with van der Waals surface area (Å²) >= 11 is 7.73. The highest BCUT2D eigenvalue weighted by atomic mass is 35.5. The van der Waals surface area contributed by atoms with Crippen LogP contribution in [0.3, 0.4) is 0 Å². The summed E-state index contributed by atoms with van der Waals surface area (Å²) in [6.45, 7) is 2.91. The van der Waals surface area contributed by atoms with Gasteiger partial charge in [-0.25, -0.2) is 31.7 Å². The molecule has 0 saturated carbocycles. The maximum Gasteiger partial charge on any atom is 0.347 e.